The fraction of sp³-hybridized carbons (Fsp3) is 0.480. The molecule has 1 aromatic heterocycles. The monoisotopic (exact) mass is 516 g/mol. The van der Waals surface area contributed by atoms with E-state index >= 15 is 0 Å². The molecule has 194 valence electrons. The van der Waals surface area contributed by atoms with Gasteiger partial charge in [-0.1, -0.05) is 13.8 Å². The van der Waals surface area contributed by atoms with Crippen LogP contribution in [0.4, 0.5) is 10.1 Å². The summed E-state index contributed by atoms with van der Waals surface area (Å²) in [5.74, 6) is 0.391. The Hall–Kier alpha value is -2.89. The SMILES string of the molecule is COc1cc(-c2cc(F)cc(C(C)C)c2N=C2CC(S(=O)(=O)N3CCC(N(C)C)CC3)=NN2)ccn1. The summed E-state index contributed by atoms with van der Waals surface area (Å²) in [5, 5.41) is 4.17. The zero-order chi connectivity index (χ0) is 26.0. The molecule has 1 aromatic carbocycles. The minimum Gasteiger partial charge on any atom is -0.481 e. The highest BCUT2D eigenvalue weighted by Crippen LogP contribution is 2.39. The number of benzene rings is 1. The first-order chi connectivity index (χ1) is 17.1. The highest BCUT2D eigenvalue weighted by Gasteiger charge is 2.35. The van der Waals surface area contributed by atoms with Crippen molar-refractivity contribution in [2.75, 3.05) is 34.3 Å². The predicted molar refractivity (Wildman–Crippen MR) is 140 cm³/mol. The van der Waals surface area contributed by atoms with Crippen molar-refractivity contribution in [3.63, 3.8) is 0 Å². The molecule has 0 saturated carbocycles. The van der Waals surface area contributed by atoms with Crippen molar-refractivity contribution in [3.05, 3.63) is 41.8 Å². The van der Waals surface area contributed by atoms with Crippen molar-refractivity contribution in [1.82, 2.24) is 19.6 Å². The number of piperidine rings is 1. The lowest BCUT2D eigenvalue weighted by Crippen LogP contribution is -2.46. The van der Waals surface area contributed by atoms with Gasteiger partial charge in [-0.15, -0.1) is 0 Å². The number of hydrazone groups is 1. The third kappa shape index (κ3) is 5.42. The molecule has 0 radical (unpaired) electrons. The van der Waals surface area contributed by atoms with Crippen LogP contribution in [0.2, 0.25) is 0 Å². The summed E-state index contributed by atoms with van der Waals surface area (Å²) in [6, 6.07) is 6.73. The van der Waals surface area contributed by atoms with Crippen molar-refractivity contribution < 1.29 is 17.5 Å². The minimum absolute atomic E-state index is 0.0222. The van der Waals surface area contributed by atoms with E-state index in [0.29, 0.717) is 53.2 Å². The molecule has 0 unspecified atom stereocenters. The van der Waals surface area contributed by atoms with Gasteiger partial charge in [-0.25, -0.2) is 22.8 Å². The molecule has 1 N–H and O–H groups in total. The number of ether oxygens (including phenoxy) is 1. The maximum atomic E-state index is 14.6. The molecule has 1 saturated heterocycles. The van der Waals surface area contributed by atoms with Crippen molar-refractivity contribution in [2.45, 2.75) is 45.1 Å². The van der Waals surface area contributed by atoms with E-state index in [-0.39, 0.29) is 23.2 Å². The molecule has 2 aliphatic rings. The van der Waals surface area contributed by atoms with Crippen LogP contribution in [0.25, 0.3) is 11.1 Å². The van der Waals surface area contributed by atoms with E-state index in [2.05, 4.69) is 20.4 Å². The van der Waals surface area contributed by atoms with Gasteiger partial charge < -0.3 is 9.64 Å². The van der Waals surface area contributed by atoms with Crippen LogP contribution in [0, 0.1) is 5.82 Å². The molecule has 3 heterocycles. The Morgan fingerprint density at radius 2 is 1.94 bits per heavy atom. The maximum Gasteiger partial charge on any atom is 0.258 e. The number of halogens is 1. The van der Waals surface area contributed by atoms with Crippen LogP contribution in [-0.2, 0) is 10.0 Å². The summed E-state index contributed by atoms with van der Waals surface area (Å²) in [6.07, 6.45) is 3.19. The first-order valence-electron chi connectivity index (χ1n) is 12.0. The van der Waals surface area contributed by atoms with E-state index in [1.807, 2.05) is 27.9 Å². The number of nitrogens with zero attached hydrogens (tertiary/aromatic N) is 5. The summed E-state index contributed by atoms with van der Waals surface area (Å²) < 4.78 is 47.9. The Morgan fingerprint density at radius 1 is 1.22 bits per heavy atom. The van der Waals surface area contributed by atoms with E-state index in [4.69, 9.17) is 9.73 Å². The molecular formula is C25H33FN6O3S. The lowest BCUT2D eigenvalue weighted by molar-refractivity contribution is 0.198. The molecule has 9 nitrogen and oxygen atoms in total. The lowest BCUT2D eigenvalue weighted by Gasteiger charge is -2.34. The van der Waals surface area contributed by atoms with E-state index in [1.165, 1.54) is 23.5 Å². The molecule has 0 aliphatic carbocycles. The summed E-state index contributed by atoms with van der Waals surface area (Å²) >= 11 is 0. The summed E-state index contributed by atoms with van der Waals surface area (Å²) in [5.41, 5.74) is 5.32. The van der Waals surface area contributed by atoms with Crippen LogP contribution < -0.4 is 10.2 Å². The van der Waals surface area contributed by atoms with E-state index in [0.717, 1.165) is 12.8 Å². The molecule has 4 rings (SSSR count). The smallest absolute Gasteiger partial charge is 0.258 e. The van der Waals surface area contributed by atoms with Gasteiger partial charge in [-0.2, -0.15) is 9.41 Å². The molecule has 1 fully saturated rings. The lowest BCUT2D eigenvalue weighted by atomic mass is 9.94. The molecule has 0 spiro atoms. The third-order valence-corrected chi connectivity index (χ3v) is 8.52. The van der Waals surface area contributed by atoms with Gasteiger partial charge in [-0.05, 0) is 62.2 Å². The highest BCUT2D eigenvalue weighted by molar-refractivity contribution is 8.04. The second-order valence-electron chi connectivity index (χ2n) is 9.58. The Bertz CT molecular complexity index is 1280. The van der Waals surface area contributed by atoms with Gasteiger partial charge in [-0.3, -0.25) is 5.43 Å². The average molecular weight is 517 g/mol. The van der Waals surface area contributed by atoms with Gasteiger partial charge in [0.15, 0.2) is 5.04 Å². The molecule has 2 aromatic rings. The van der Waals surface area contributed by atoms with Crippen LogP contribution in [0.1, 0.15) is 44.6 Å². The molecule has 0 atom stereocenters. The number of aliphatic imine (C=N–C) groups is 1. The zero-order valence-electron chi connectivity index (χ0n) is 21.3. The topological polar surface area (TPSA) is 99.5 Å². The quantitative estimate of drug-likeness (QED) is 0.628. The second-order valence-corrected chi connectivity index (χ2v) is 11.5. The summed E-state index contributed by atoms with van der Waals surface area (Å²) in [4.78, 5) is 11.0. The summed E-state index contributed by atoms with van der Waals surface area (Å²) in [6.45, 7) is 4.84. The molecule has 0 bridgehead atoms. The van der Waals surface area contributed by atoms with Crippen molar-refractivity contribution in [1.29, 1.82) is 0 Å². The van der Waals surface area contributed by atoms with Crippen molar-refractivity contribution in [2.24, 2.45) is 10.1 Å². The van der Waals surface area contributed by atoms with Gasteiger partial charge in [0, 0.05) is 37.0 Å². The van der Waals surface area contributed by atoms with Crippen LogP contribution >= 0.6 is 0 Å². The number of amidine groups is 1. The number of aromatic nitrogens is 1. The molecule has 36 heavy (non-hydrogen) atoms. The van der Waals surface area contributed by atoms with Gasteiger partial charge in [0.05, 0.1) is 19.2 Å². The number of nitrogens with one attached hydrogen (secondary N) is 1. The highest BCUT2D eigenvalue weighted by atomic mass is 32.2. The Morgan fingerprint density at radius 3 is 2.58 bits per heavy atom. The number of methoxy groups -OCH3 is 1. The largest absolute Gasteiger partial charge is 0.481 e. The fourth-order valence-corrected chi connectivity index (χ4v) is 6.01. The average Bonchev–Trinajstić information content (AvgIpc) is 3.34. The number of pyridine rings is 1. The second kappa shape index (κ2) is 10.6. The first kappa shape index (κ1) is 26.2. The third-order valence-electron chi connectivity index (χ3n) is 6.65. The normalized spacial score (nSPS) is 18.7. The fourth-order valence-electron chi connectivity index (χ4n) is 4.54. The molecule has 2 aliphatic heterocycles. The predicted octanol–water partition coefficient (Wildman–Crippen LogP) is 3.71. The number of sulfonamides is 1. The van der Waals surface area contributed by atoms with Crippen LogP contribution in [0.3, 0.4) is 0 Å². The number of hydrogen-bond acceptors (Lipinski definition) is 7. The standard InChI is InChI=1S/C25H33FN6O3S/c1-16(2)20-13-18(26)14-21(17-6-9-27-23(12-17)35-5)25(20)28-22-15-24(30-29-22)36(33,34)32-10-7-19(8-11-32)31(3)4/h6,9,12-14,16,19H,7-8,10-11,15H2,1-5H3,(H,28,29). The summed E-state index contributed by atoms with van der Waals surface area (Å²) in [7, 11) is 1.84. The van der Waals surface area contributed by atoms with Gasteiger partial charge in [0.1, 0.15) is 11.7 Å². The first-order valence-corrected chi connectivity index (χ1v) is 13.4. The van der Waals surface area contributed by atoms with Crippen molar-refractivity contribution >= 4 is 26.6 Å². The zero-order valence-corrected chi connectivity index (χ0v) is 22.1. The van der Waals surface area contributed by atoms with Crippen molar-refractivity contribution in [3.8, 4) is 17.0 Å². The van der Waals surface area contributed by atoms with E-state index in [1.54, 1.807) is 18.3 Å². The molecule has 11 heteroatoms. The van der Waals surface area contributed by atoms with Crippen LogP contribution in [0.5, 0.6) is 5.88 Å². The van der Waals surface area contributed by atoms with Crippen LogP contribution in [0.15, 0.2) is 40.6 Å². The van der Waals surface area contributed by atoms with Crippen LogP contribution in [-0.4, -0.2) is 73.8 Å². The van der Waals surface area contributed by atoms with Gasteiger partial charge in [0.25, 0.3) is 10.0 Å². The Labute approximate surface area is 212 Å². The minimum atomic E-state index is -3.70. The van der Waals surface area contributed by atoms with E-state index < -0.39 is 10.0 Å². The van der Waals surface area contributed by atoms with E-state index in [9.17, 15) is 12.8 Å². The number of rotatable bonds is 6. The van der Waals surface area contributed by atoms with Gasteiger partial charge >= 0.3 is 0 Å². The number of hydrogen-bond donors (Lipinski definition) is 1. The Kier molecular flexibility index (Phi) is 7.72. The molecular weight excluding hydrogens is 483 g/mol. The Balaban J connectivity index is 1.64. The van der Waals surface area contributed by atoms with Gasteiger partial charge in [0.2, 0.25) is 5.88 Å². The molecule has 0 amide bonds. The maximum absolute atomic E-state index is 14.6.